The number of nitrogens with zero attached hydrogens (tertiary/aromatic N) is 1. The third kappa shape index (κ3) is 5.53. The fourth-order valence-corrected chi connectivity index (χ4v) is 3.10. The first-order valence-corrected chi connectivity index (χ1v) is 9.35. The first kappa shape index (κ1) is 18.9. The molecular weight excluding hydrogens is 404 g/mol. The summed E-state index contributed by atoms with van der Waals surface area (Å²) in [5, 5.41) is 2.67. The van der Waals surface area contributed by atoms with Crippen LogP contribution in [0.3, 0.4) is 0 Å². The average Bonchev–Trinajstić information content (AvgIpc) is 2.68. The second-order valence-corrected chi connectivity index (χ2v) is 7.01. The van der Waals surface area contributed by atoms with E-state index in [4.69, 9.17) is 0 Å². The van der Waals surface area contributed by atoms with E-state index < -0.39 is 11.8 Å². The summed E-state index contributed by atoms with van der Waals surface area (Å²) in [6, 6.07) is 26.4. The summed E-state index contributed by atoms with van der Waals surface area (Å²) in [6.45, 7) is 0.723. The van der Waals surface area contributed by atoms with Gasteiger partial charge in [-0.15, -0.1) is 0 Å². The Balaban J connectivity index is 1.77. The maximum Gasteiger partial charge on any atom is 0.313 e. The molecule has 3 rings (SSSR count). The predicted molar refractivity (Wildman–Crippen MR) is 110 cm³/mol. The van der Waals surface area contributed by atoms with Gasteiger partial charge in [-0.25, -0.2) is 0 Å². The number of halogens is 1. The number of anilines is 1. The van der Waals surface area contributed by atoms with Crippen molar-refractivity contribution in [2.75, 3.05) is 5.32 Å². The third-order valence-electron chi connectivity index (χ3n) is 4.00. The van der Waals surface area contributed by atoms with Gasteiger partial charge in [0, 0.05) is 23.2 Å². The van der Waals surface area contributed by atoms with E-state index in [1.807, 2.05) is 66.7 Å². The largest absolute Gasteiger partial charge is 0.326 e. The van der Waals surface area contributed by atoms with E-state index >= 15 is 0 Å². The van der Waals surface area contributed by atoms with Gasteiger partial charge in [-0.3, -0.25) is 9.59 Å². The summed E-state index contributed by atoms with van der Waals surface area (Å²) in [5.74, 6) is -1.22. The minimum atomic E-state index is -0.653. The minimum Gasteiger partial charge on any atom is -0.326 e. The number of carbonyl (C=O) groups is 2. The summed E-state index contributed by atoms with van der Waals surface area (Å²) in [6.07, 6.45) is 0. The molecule has 5 heteroatoms. The lowest BCUT2D eigenvalue weighted by molar-refractivity contribution is -0.144. The van der Waals surface area contributed by atoms with E-state index in [1.165, 1.54) is 0 Å². The molecule has 0 saturated carbocycles. The lowest BCUT2D eigenvalue weighted by Crippen LogP contribution is -2.38. The van der Waals surface area contributed by atoms with Crippen LogP contribution in [-0.4, -0.2) is 16.7 Å². The number of hydrogen-bond donors (Lipinski definition) is 1. The highest BCUT2D eigenvalue weighted by Crippen LogP contribution is 2.16. The molecule has 0 heterocycles. The molecule has 0 unspecified atom stereocenters. The Morgan fingerprint density at radius 1 is 0.778 bits per heavy atom. The molecule has 1 N–H and O–H groups in total. The zero-order chi connectivity index (χ0) is 19.1. The zero-order valence-corrected chi connectivity index (χ0v) is 16.2. The molecule has 3 aromatic rings. The fraction of sp³-hybridized carbons (Fsp3) is 0.0909. The van der Waals surface area contributed by atoms with Crippen molar-refractivity contribution in [3.05, 3.63) is 101 Å². The molecule has 0 saturated heterocycles. The van der Waals surface area contributed by atoms with Crippen LogP contribution in [0.15, 0.2) is 89.4 Å². The first-order chi connectivity index (χ1) is 13.1. The van der Waals surface area contributed by atoms with Crippen LogP contribution in [-0.2, 0) is 22.7 Å². The van der Waals surface area contributed by atoms with Gasteiger partial charge in [-0.1, -0.05) is 82.7 Å². The van der Waals surface area contributed by atoms with Crippen LogP contribution >= 0.6 is 15.9 Å². The van der Waals surface area contributed by atoms with Gasteiger partial charge in [0.05, 0.1) is 0 Å². The molecule has 0 fully saturated rings. The van der Waals surface area contributed by atoms with Crippen LogP contribution in [0.5, 0.6) is 0 Å². The molecule has 0 aliphatic heterocycles. The van der Waals surface area contributed by atoms with Crippen molar-refractivity contribution < 1.29 is 9.59 Å². The van der Waals surface area contributed by atoms with Gasteiger partial charge >= 0.3 is 11.8 Å². The van der Waals surface area contributed by atoms with Crippen molar-refractivity contribution in [1.29, 1.82) is 0 Å². The van der Waals surface area contributed by atoms with Gasteiger partial charge in [0.1, 0.15) is 0 Å². The summed E-state index contributed by atoms with van der Waals surface area (Å²) < 4.78 is 0.832. The summed E-state index contributed by atoms with van der Waals surface area (Å²) in [4.78, 5) is 26.9. The van der Waals surface area contributed by atoms with Gasteiger partial charge < -0.3 is 10.2 Å². The summed E-state index contributed by atoms with van der Waals surface area (Å²) >= 11 is 3.36. The number of nitrogens with one attached hydrogen (secondary N) is 1. The second-order valence-electron chi connectivity index (χ2n) is 6.10. The Bertz CT molecular complexity index is 872. The fourth-order valence-electron chi connectivity index (χ4n) is 2.70. The number of carbonyl (C=O) groups excluding carboxylic acids is 2. The lowest BCUT2D eigenvalue weighted by Gasteiger charge is -2.22. The Morgan fingerprint density at radius 3 is 1.85 bits per heavy atom. The van der Waals surface area contributed by atoms with E-state index in [-0.39, 0.29) is 0 Å². The Kier molecular flexibility index (Phi) is 6.39. The van der Waals surface area contributed by atoms with Crippen molar-refractivity contribution in [3.63, 3.8) is 0 Å². The Hall–Kier alpha value is -2.92. The van der Waals surface area contributed by atoms with Crippen LogP contribution in [0.25, 0.3) is 0 Å². The second kappa shape index (κ2) is 9.14. The molecule has 2 amide bonds. The molecule has 4 nitrogen and oxygen atoms in total. The topological polar surface area (TPSA) is 49.4 Å². The number of rotatable bonds is 5. The minimum absolute atomic E-state index is 0.362. The highest BCUT2D eigenvalue weighted by molar-refractivity contribution is 9.10. The SMILES string of the molecule is O=C(Nc1cccc(Br)c1)C(=O)N(Cc1ccccc1)Cc1ccccc1. The number of benzene rings is 3. The van der Waals surface area contributed by atoms with E-state index in [9.17, 15) is 9.59 Å². The molecule has 0 aromatic heterocycles. The van der Waals surface area contributed by atoms with E-state index in [0.717, 1.165) is 15.6 Å². The highest BCUT2D eigenvalue weighted by atomic mass is 79.9. The van der Waals surface area contributed by atoms with E-state index in [1.54, 1.807) is 23.1 Å². The van der Waals surface area contributed by atoms with Crippen molar-refractivity contribution in [3.8, 4) is 0 Å². The normalized spacial score (nSPS) is 10.3. The molecule has 0 radical (unpaired) electrons. The van der Waals surface area contributed by atoms with Crippen LogP contribution in [0.4, 0.5) is 5.69 Å². The molecule has 0 spiro atoms. The highest BCUT2D eigenvalue weighted by Gasteiger charge is 2.22. The molecule has 27 heavy (non-hydrogen) atoms. The maximum absolute atomic E-state index is 12.8. The van der Waals surface area contributed by atoms with Crippen LogP contribution in [0.2, 0.25) is 0 Å². The molecular formula is C22H19BrN2O2. The number of amides is 2. The monoisotopic (exact) mass is 422 g/mol. The molecule has 136 valence electrons. The Morgan fingerprint density at radius 2 is 1.33 bits per heavy atom. The van der Waals surface area contributed by atoms with Gasteiger partial charge in [0.25, 0.3) is 0 Å². The van der Waals surface area contributed by atoms with Gasteiger partial charge in [0.2, 0.25) is 0 Å². The maximum atomic E-state index is 12.8. The van der Waals surface area contributed by atoms with E-state index in [0.29, 0.717) is 18.8 Å². The molecule has 3 aromatic carbocycles. The van der Waals surface area contributed by atoms with E-state index in [2.05, 4.69) is 21.2 Å². The van der Waals surface area contributed by atoms with Crippen LogP contribution in [0.1, 0.15) is 11.1 Å². The summed E-state index contributed by atoms with van der Waals surface area (Å²) in [7, 11) is 0. The smallest absolute Gasteiger partial charge is 0.313 e. The molecule has 0 aliphatic rings. The van der Waals surface area contributed by atoms with Crippen LogP contribution < -0.4 is 5.32 Å². The Labute approximate surface area is 167 Å². The first-order valence-electron chi connectivity index (χ1n) is 8.55. The van der Waals surface area contributed by atoms with Crippen molar-refractivity contribution in [1.82, 2.24) is 4.90 Å². The van der Waals surface area contributed by atoms with Crippen molar-refractivity contribution >= 4 is 33.4 Å². The third-order valence-corrected chi connectivity index (χ3v) is 4.49. The van der Waals surface area contributed by atoms with Gasteiger partial charge in [-0.2, -0.15) is 0 Å². The van der Waals surface area contributed by atoms with Crippen LogP contribution in [0, 0.1) is 0 Å². The lowest BCUT2D eigenvalue weighted by atomic mass is 10.1. The average molecular weight is 423 g/mol. The van der Waals surface area contributed by atoms with Crippen molar-refractivity contribution in [2.45, 2.75) is 13.1 Å². The quantitative estimate of drug-likeness (QED) is 0.609. The standard InChI is InChI=1S/C22H19BrN2O2/c23-19-12-7-13-20(14-19)24-21(26)22(27)25(15-17-8-3-1-4-9-17)16-18-10-5-2-6-11-18/h1-14H,15-16H2,(H,24,26). The predicted octanol–water partition coefficient (Wildman–Crippen LogP) is 4.62. The van der Waals surface area contributed by atoms with Gasteiger partial charge in [-0.05, 0) is 29.3 Å². The molecule has 0 atom stereocenters. The van der Waals surface area contributed by atoms with Gasteiger partial charge in [0.15, 0.2) is 0 Å². The number of hydrogen-bond acceptors (Lipinski definition) is 2. The van der Waals surface area contributed by atoms with Crippen molar-refractivity contribution in [2.24, 2.45) is 0 Å². The molecule has 0 aliphatic carbocycles. The molecule has 0 bridgehead atoms. The summed E-state index contributed by atoms with van der Waals surface area (Å²) in [5.41, 5.74) is 2.51. The zero-order valence-electron chi connectivity index (χ0n) is 14.6.